The molecule has 6 nitrogen and oxygen atoms in total. The maximum Gasteiger partial charge on any atom is 0.387 e. The Hall–Kier alpha value is -2.90. The average Bonchev–Trinajstić information content (AvgIpc) is 2.56. The van der Waals surface area contributed by atoms with Gasteiger partial charge >= 0.3 is 12.6 Å². The minimum atomic E-state index is -2.85. The van der Waals surface area contributed by atoms with Crippen molar-refractivity contribution in [2.75, 3.05) is 31.4 Å². The minimum absolute atomic E-state index is 0.0814. The zero-order valence-electron chi connectivity index (χ0n) is 14.2. The van der Waals surface area contributed by atoms with Gasteiger partial charge in [-0.1, -0.05) is 12.1 Å². The van der Waals surface area contributed by atoms with Crippen molar-refractivity contribution in [2.45, 2.75) is 13.2 Å². The van der Waals surface area contributed by atoms with Gasteiger partial charge in [0.1, 0.15) is 11.6 Å². The molecule has 0 atom stereocenters. The van der Waals surface area contributed by atoms with Crippen molar-refractivity contribution in [1.82, 2.24) is 9.88 Å². The molecule has 0 aliphatic rings. The van der Waals surface area contributed by atoms with Gasteiger partial charge in [0.25, 0.3) is 0 Å². The molecule has 2 amide bonds. The number of halogens is 2. The van der Waals surface area contributed by atoms with Crippen molar-refractivity contribution in [3.05, 3.63) is 48.2 Å². The fourth-order valence-electron chi connectivity index (χ4n) is 2.07. The summed E-state index contributed by atoms with van der Waals surface area (Å²) in [5, 5.41) is 2.75. The van der Waals surface area contributed by atoms with Gasteiger partial charge in [0.05, 0.1) is 11.9 Å². The molecule has 2 aromatic rings. The number of urea groups is 1. The molecule has 0 bridgehead atoms. The van der Waals surface area contributed by atoms with Gasteiger partial charge in [-0.2, -0.15) is 8.78 Å². The number of ether oxygens (including phenoxy) is 1. The van der Waals surface area contributed by atoms with Crippen LogP contribution in [-0.4, -0.2) is 43.7 Å². The zero-order chi connectivity index (χ0) is 18.4. The summed E-state index contributed by atoms with van der Waals surface area (Å²) in [6.07, 6.45) is 1.58. The van der Waals surface area contributed by atoms with E-state index in [0.717, 1.165) is 11.4 Å². The average molecular weight is 350 g/mol. The van der Waals surface area contributed by atoms with Crippen LogP contribution in [0.1, 0.15) is 5.56 Å². The lowest BCUT2D eigenvalue weighted by atomic mass is 10.2. The number of aromatic nitrogens is 1. The summed E-state index contributed by atoms with van der Waals surface area (Å²) >= 11 is 0. The molecule has 0 unspecified atom stereocenters. The van der Waals surface area contributed by atoms with Crippen LogP contribution in [0.4, 0.5) is 25.1 Å². The first-order valence-corrected chi connectivity index (χ1v) is 7.54. The van der Waals surface area contributed by atoms with Crippen LogP contribution in [-0.2, 0) is 6.54 Å². The quantitative estimate of drug-likeness (QED) is 0.867. The summed E-state index contributed by atoms with van der Waals surface area (Å²) in [6.45, 7) is -2.53. The smallest absolute Gasteiger partial charge is 0.387 e. The predicted molar refractivity (Wildman–Crippen MR) is 92.1 cm³/mol. The fourth-order valence-corrected chi connectivity index (χ4v) is 2.07. The van der Waals surface area contributed by atoms with Crippen molar-refractivity contribution in [1.29, 1.82) is 0 Å². The van der Waals surface area contributed by atoms with E-state index in [4.69, 9.17) is 0 Å². The van der Waals surface area contributed by atoms with E-state index in [0.29, 0.717) is 12.2 Å². The molecule has 1 aromatic heterocycles. The lowest BCUT2D eigenvalue weighted by Gasteiger charge is -2.18. The first-order chi connectivity index (χ1) is 11.8. The second-order valence-corrected chi connectivity index (χ2v) is 5.61. The second-order valence-electron chi connectivity index (χ2n) is 5.61. The van der Waals surface area contributed by atoms with Gasteiger partial charge in [0.15, 0.2) is 0 Å². The van der Waals surface area contributed by atoms with Crippen LogP contribution in [0.5, 0.6) is 5.75 Å². The third-order valence-corrected chi connectivity index (χ3v) is 3.37. The molecule has 0 fully saturated rings. The number of hydrogen-bond acceptors (Lipinski definition) is 4. The van der Waals surface area contributed by atoms with Crippen molar-refractivity contribution in [2.24, 2.45) is 0 Å². The van der Waals surface area contributed by atoms with E-state index in [2.05, 4.69) is 15.0 Å². The van der Waals surface area contributed by atoms with Gasteiger partial charge in [-0.15, -0.1) is 0 Å². The van der Waals surface area contributed by atoms with Crippen LogP contribution in [0, 0.1) is 0 Å². The van der Waals surface area contributed by atoms with Crippen LogP contribution in [0.25, 0.3) is 0 Å². The van der Waals surface area contributed by atoms with Gasteiger partial charge < -0.3 is 19.9 Å². The number of hydrogen-bond donors (Lipinski definition) is 1. The van der Waals surface area contributed by atoms with Crippen molar-refractivity contribution >= 4 is 17.5 Å². The number of rotatable bonds is 6. The maximum atomic E-state index is 12.2. The largest absolute Gasteiger partial charge is 0.435 e. The zero-order valence-corrected chi connectivity index (χ0v) is 14.2. The minimum Gasteiger partial charge on any atom is -0.435 e. The Kier molecular flexibility index (Phi) is 6.10. The number of pyridine rings is 1. The number of anilines is 2. The molecular formula is C17H20F2N4O2. The Morgan fingerprint density at radius 3 is 2.36 bits per heavy atom. The predicted octanol–water partition coefficient (Wildman–Crippen LogP) is 3.41. The van der Waals surface area contributed by atoms with Gasteiger partial charge in [-0.05, 0) is 29.8 Å². The lowest BCUT2D eigenvalue weighted by molar-refractivity contribution is -0.0498. The fraction of sp³-hybridized carbons (Fsp3) is 0.294. The van der Waals surface area contributed by atoms with Crippen LogP contribution >= 0.6 is 0 Å². The Morgan fingerprint density at radius 1 is 1.16 bits per heavy atom. The van der Waals surface area contributed by atoms with Crippen molar-refractivity contribution in [3.63, 3.8) is 0 Å². The Labute approximate surface area is 145 Å². The van der Waals surface area contributed by atoms with Crippen LogP contribution in [0.3, 0.4) is 0 Å². The van der Waals surface area contributed by atoms with Gasteiger partial charge in [0.2, 0.25) is 0 Å². The molecule has 0 saturated heterocycles. The van der Waals surface area contributed by atoms with E-state index >= 15 is 0 Å². The standard InChI is InChI=1S/C17H20F2N4O2/c1-22(2)15-9-6-13(10-20-15)21-17(24)23(3)11-12-4-7-14(8-5-12)25-16(18)19/h4-10,16H,11H2,1-3H3,(H,21,24). The van der Waals surface area contributed by atoms with Crippen molar-refractivity contribution < 1.29 is 18.3 Å². The molecular weight excluding hydrogens is 330 g/mol. The molecule has 1 aromatic carbocycles. The van der Waals surface area contributed by atoms with Crippen molar-refractivity contribution in [3.8, 4) is 5.75 Å². The monoisotopic (exact) mass is 350 g/mol. The third kappa shape index (κ3) is 5.59. The summed E-state index contributed by atoms with van der Waals surface area (Å²) in [5.41, 5.74) is 1.38. The molecule has 25 heavy (non-hydrogen) atoms. The molecule has 0 spiro atoms. The maximum absolute atomic E-state index is 12.2. The van der Waals surface area contributed by atoms with E-state index in [1.807, 2.05) is 19.0 Å². The first kappa shape index (κ1) is 18.4. The summed E-state index contributed by atoms with van der Waals surface area (Å²) < 4.78 is 28.5. The van der Waals surface area contributed by atoms with E-state index in [-0.39, 0.29) is 11.8 Å². The summed E-state index contributed by atoms with van der Waals surface area (Å²) in [6, 6.07) is 9.42. The molecule has 8 heteroatoms. The SMILES string of the molecule is CN(Cc1ccc(OC(F)F)cc1)C(=O)Nc1ccc(N(C)C)nc1. The highest BCUT2D eigenvalue weighted by Crippen LogP contribution is 2.16. The van der Waals surface area contributed by atoms with E-state index < -0.39 is 6.61 Å². The summed E-state index contributed by atoms with van der Waals surface area (Å²) in [7, 11) is 5.40. The molecule has 2 rings (SSSR count). The normalized spacial score (nSPS) is 10.5. The van der Waals surface area contributed by atoms with Gasteiger partial charge in [-0.25, -0.2) is 9.78 Å². The highest BCUT2D eigenvalue weighted by molar-refractivity contribution is 5.89. The molecule has 0 aliphatic heterocycles. The number of benzene rings is 1. The Morgan fingerprint density at radius 2 is 1.84 bits per heavy atom. The highest BCUT2D eigenvalue weighted by atomic mass is 19.3. The number of carbonyl (C=O) groups is 1. The Balaban J connectivity index is 1.91. The Bertz CT molecular complexity index is 691. The summed E-state index contributed by atoms with van der Waals surface area (Å²) in [4.78, 5) is 19.8. The molecule has 1 heterocycles. The van der Waals surface area contributed by atoms with Crippen LogP contribution < -0.4 is 15.0 Å². The summed E-state index contributed by atoms with van der Waals surface area (Å²) in [5.74, 6) is 0.871. The van der Waals surface area contributed by atoms with E-state index in [1.165, 1.54) is 17.0 Å². The van der Waals surface area contributed by atoms with Crippen LogP contribution in [0.2, 0.25) is 0 Å². The molecule has 134 valence electrons. The van der Waals surface area contributed by atoms with E-state index in [9.17, 15) is 13.6 Å². The number of alkyl halides is 2. The highest BCUT2D eigenvalue weighted by Gasteiger charge is 2.11. The van der Waals surface area contributed by atoms with Crippen LogP contribution in [0.15, 0.2) is 42.6 Å². The number of nitrogens with one attached hydrogen (secondary N) is 1. The molecule has 0 radical (unpaired) electrons. The molecule has 0 saturated carbocycles. The first-order valence-electron chi connectivity index (χ1n) is 7.54. The van der Waals surface area contributed by atoms with Gasteiger partial charge in [-0.3, -0.25) is 0 Å². The molecule has 0 aliphatic carbocycles. The van der Waals surface area contributed by atoms with Gasteiger partial charge in [0, 0.05) is 27.7 Å². The lowest BCUT2D eigenvalue weighted by Crippen LogP contribution is -2.30. The number of amides is 2. The van der Waals surface area contributed by atoms with E-state index in [1.54, 1.807) is 37.5 Å². The third-order valence-electron chi connectivity index (χ3n) is 3.37. The molecule has 1 N–H and O–H groups in total. The second kappa shape index (κ2) is 8.27. The number of carbonyl (C=O) groups excluding carboxylic acids is 1. The number of nitrogens with zero attached hydrogens (tertiary/aromatic N) is 3. The topological polar surface area (TPSA) is 57.7 Å².